The number of alkyl halides is 3. The summed E-state index contributed by atoms with van der Waals surface area (Å²) in [7, 11) is 1.94. The lowest BCUT2D eigenvalue weighted by Crippen LogP contribution is -2.38. The molecule has 0 N–H and O–H groups in total. The Morgan fingerprint density at radius 3 is 2.58 bits per heavy atom. The van der Waals surface area contributed by atoms with Crippen molar-refractivity contribution in [3.63, 3.8) is 0 Å². The van der Waals surface area contributed by atoms with E-state index in [1.165, 1.54) is 0 Å². The van der Waals surface area contributed by atoms with Crippen molar-refractivity contribution in [2.75, 3.05) is 19.6 Å². The van der Waals surface area contributed by atoms with E-state index >= 15 is 0 Å². The summed E-state index contributed by atoms with van der Waals surface area (Å²) in [5, 5.41) is 2.01. The molecule has 1 aliphatic rings. The fourth-order valence-electron chi connectivity index (χ4n) is 4.16. The van der Waals surface area contributed by atoms with Gasteiger partial charge >= 0.3 is 6.18 Å². The smallest absolute Gasteiger partial charge is 0.334 e. The molecular weight excluding hydrogens is 405 g/mol. The van der Waals surface area contributed by atoms with E-state index in [4.69, 9.17) is 0 Å². The van der Waals surface area contributed by atoms with Crippen LogP contribution >= 0.6 is 0 Å². The molecule has 0 saturated carbocycles. The number of hydrogen-bond acceptors (Lipinski definition) is 4. The molecule has 3 heterocycles. The van der Waals surface area contributed by atoms with Crippen molar-refractivity contribution in [1.82, 2.24) is 19.4 Å². The van der Waals surface area contributed by atoms with Crippen LogP contribution in [0.1, 0.15) is 25.0 Å². The summed E-state index contributed by atoms with van der Waals surface area (Å²) >= 11 is 0. The number of aryl methyl sites for hydroxylation is 1. The van der Waals surface area contributed by atoms with Crippen LogP contribution in [0.5, 0.6) is 0 Å². The van der Waals surface area contributed by atoms with Crippen LogP contribution in [0.2, 0.25) is 0 Å². The van der Waals surface area contributed by atoms with E-state index in [2.05, 4.69) is 16.0 Å². The zero-order chi connectivity index (χ0) is 22.0. The van der Waals surface area contributed by atoms with Gasteiger partial charge in [-0.1, -0.05) is 12.1 Å². The van der Waals surface area contributed by atoms with Crippen LogP contribution in [0.25, 0.3) is 22.0 Å². The molecule has 4 rings (SSSR count). The number of pyridine rings is 1. The Morgan fingerprint density at radius 1 is 1.13 bits per heavy atom. The maximum atomic E-state index is 12.8. The molecule has 8 heteroatoms. The van der Waals surface area contributed by atoms with E-state index in [0.29, 0.717) is 25.9 Å². The van der Waals surface area contributed by atoms with Gasteiger partial charge in [-0.3, -0.25) is 9.78 Å². The lowest BCUT2D eigenvalue weighted by Gasteiger charge is -2.31. The molecule has 0 spiro atoms. The fraction of sp³-hybridized carbons (Fsp3) is 0.435. The van der Waals surface area contributed by atoms with Gasteiger partial charge < -0.3 is 9.47 Å². The van der Waals surface area contributed by atoms with Gasteiger partial charge in [-0.25, -0.2) is 4.98 Å². The van der Waals surface area contributed by atoms with Crippen LogP contribution in [-0.2, 0) is 18.3 Å². The molecule has 0 atom stereocenters. The SMILES string of the molecule is Cn1cncc1-c1ccc2cnc(CC(=O)C3CCN(CCC(F)(F)F)CC3)cc2c1. The minimum atomic E-state index is -4.13. The molecule has 3 aromatic rings. The van der Waals surface area contributed by atoms with E-state index in [0.717, 1.165) is 27.7 Å². The third-order valence-electron chi connectivity index (χ3n) is 6.00. The van der Waals surface area contributed by atoms with Crippen molar-refractivity contribution in [2.24, 2.45) is 13.0 Å². The van der Waals surface area contributed by atoms with Crippen LogP contribution in [0, 0.1) is 5.92 Å². The average Bonchev–Trinajstić information content (AvgIpc) is 3.17. The second-order valence-corrected chi connectivity index (χ2v) is 8.25. The van der Waals surface area contributed by atoms with Crippen LogP contribution in [-0.4, -0.2) is 51.0 Å². The molecule has 0 radical (unpaired) electrons. The molecule has 0 amide bonds. The molecule has 1 fully saturated rings. The minimum Gasteiger partial charge on any atom is -0.334 e. The van der Waals surface area contributed by atoms with Gasteiger partial charge in [0.1, 0.15) is 5.78 Å². The number of hydrogen-bond donors (Lipinski definition) is 0. The van der Waals surface area contributed by atoms with Gasteiger partial charge in [-0.2, -0.15) is 13.2 Å². The zero-order valence-corrected chi connectivity index (χ0v) is 17.4. The second-order valence-electron chi connectivity index (χ2n) is 8.25. The van der Waals surface area contributed by atoms with Crippen LogP contribution in [0.15, 0.2) is 43.0 Å². The number of benzene rings is 1. The lowest BCUT2D eigenvalue weighted by atomic mass is 9.90. The van der Waals surface area contributed by atoms with Crippen molar-refractivity contribution in [2.45, 2.75) is 31.9 Å². The van der Waals surface area contributed by atoms with Crippen molar-refractivity contribution in [3.8, 4) is 11.3 Å². The molecule has 0 aliphatic carbocycles. The van der Waals surface area contributed by atoms with Gasteiger partial charge in [0, 0.05) is 48.8 Å². The number of rotatable bonds is 6. The van der Waals surface area contributed by atoms with E-state index < -0.39 is 12.6 Å². The van der Waals surface area contributed by atoms with Crippen LogP contribution < -0.4 is 0 Å². The summed E-state index contributed by atoms with van der Waals surface area (Å²) in [5.74, 6) is 0.00511. The molecule has 0 unspecified atom stereocenters. The summed E-state index contributed by atoms with van der Waals surface area (Å²) in [6.07, 6.45) is 1.88. The summed E-state index contributed by atoms with van der Waals surface area (Å²) < 4.78 is 39.2. The van der Waals surface area contributed by atoms with E-state index in [1.807, 2.05) is 36.0 Å². The van der Waals surface area contributed by atoms with Gasteiger partial charge in [-0.15, -0.1) is 0 Å². The molecule has 5 nitrogen and oxygen atoms in total. The average molecular weight is 430 g/mol. The monoisotopic (exact) mass is 430 g/mol. The van der Waals surface area contributed by atoms with Gasteiger partial charge in [0.2, 0.25) is 0 Å². The largest absolute Gasteiger partial charge is 0.390 e. The quantitative estimate of drug-likeness (QED) is 0.581. The summed E-state index contributed by atoms with van der Waals surface area (Å²) in [4.78, 5) is 23.2. The van der Waals surface area contributed by atoms with Gasteiger partial charge in [0.25, 0.3) is 0 Å². The number of carbonyl (C=O) groups is 1. The second kappa shape index (κ2) is 8.78. The predicted molar refractivity (Wildman–Crippen MR) is 112 cm³/mol. The molecule has 1 aromatic carbocycles. The van der Waals surface area contributed by atoms with Crippen LogP contribution in [0.4, 0.5) is 13.2 Å². The van der Waals surface area contributed by atoms with E-state index in [9.17, 15) is 18.0 Å². The number of imidazole rings is 1. The molecule has 2 aromatic heterocycles. The number of carbonyl (C=O) groups excluding carboxylic acids is 1. The maximum absolute atomic E-state index is 12.8. The molecule has 1 saturated heterocycles. The number of halogens is 3. The third-order valence-corrected chi connectivity index (χ3v) is 6.00. The Morgan fingerprint density at radius 2 is 1.90 bits per heavy atom. The number of fused-ring (bicyclic) bond motifs is 1. The Labute approximate surface area is 178 Å². The Kier molecular flexibility index (Phi) is 6.09. The first-order valence-electron chi connectivity index (χ1n) is 10.5. The third kappa shape index (κ3) is 5.31. The summed E-state index contributed by atoms with van der Waals surface area (Å²) in [6.45, 7) is 1.08. The molecule has 164 valence electrons. The number of likely N-dealkylation sites (tertiary alicyclic amines) is 1. The maximum Gasteiger partial charge on any atom is 0.390 e. The Balaban J connectivity index is 1.39. The first kappa shape index (κ1) is 21.5. The number of piperidine rings is 1. The Hall–Kier alpha value is -2.74. The van der Waals surface area contributed by atoms with Gasteiger partial charge in [0.15, 0.2) is 0 Å². The number of aromatic nitrogens is 3. The highest BCUT2D eigenvalue weighted by Crippen LogP contribution is 2.26. The molecule has 1 aliphatic heterocycles. The van der Waals surface area contributed by atoms with Crippen molar-refractivity contribution >= 4 is 16.6 Å². The summed E-state index contributed by atoms with van der Waals surface area (Å²) in [6, 6.07) is 8.05. The molecular formula is C23H25F3N4O. The highest BCUT2D eigenvalue weighted by molar-refractivity contribution is 5.88. The first-order valence-corrected chi connectivity index (χ1v) is 10.5. The van der Waals surface area contributed by atoms with E-state index in [1.54, 1.807) is 17.4 Å². The molecule has 0 bridgehead atoms. The topological polar surface area (TPSA) is 51.0 Å². The first-order chi connectivity index (χ1) is 14.8. The standard InChI is InChI=1S/C23H25F3N4O/c1-29-15-27-14-21(29)17-2-3-18-13-28-20(11-19(18)10-17)12-22(31)16-4-7-30(8-5-16)9-6-23(24,25)26/h2-3,10-11,13-16H,4-9,12H2,1H3. The fourth-order valence-corrected chi connectivity index (χ4v) is 4.16. The van der Waals surface area contributed by atoms with Crippen molar-refractivity contribution in [1.29, 1.82) is 0 Å². The van der Waals surface area contributed by atoms with Gasteiger partial charge in [0.05, 0.1) is 24.6 Å². The number of Topliss-reactive ketones (excluding diaryl/α,β-unsaturated/α-hetero) is 1. The minimum absolute atomic E-state index is 0.00956. The highest BCUT2D eigenvalue weighted by Gasteiger charge is 2.30. The highest BCUT2D eigenvalue weighted by atomic mass is 19.4. The predicted octanol–water partition coefficient (Wildman–Crippen LogP) is 4.41. The zero-order valence-electron chi connectivity index (χ0n) is 17.4. The number of nitrogens with zero attached hydrogens (tertiary/aromatic N) is 4. The normalized spacial score (nSPS) is 16.1. The summed E-state index contributed by atoms with van der Waals surface area (Å²) in [5.41, 5.74) is 2.77. The lowest BCUT2D eigenvalue weighted by molar-refractivity contribution is -0.139. The van der Waals surface area contributed by atoms with Crippen LogP contribution in [0.3, 0.4) is 0 Å². The van der Waals surface area contributed by atoms with E-state index in [-0.39, 0.29) is 24.7 Å². The van der Waals surface area contributed by atoms with Crippen molar-refractivity contribution < 1.29 is 18.0 Å². The van der Waals surface area contributed by atoms with Crippen molar-refractivity contribution in [3.05, 3.63) is 48.7 Å². The Bertz CT molecular complexity index is 1070. The van der Waals surface area contributed by atoms with Gasteiger partial charge in [-0.05, 0) is 43.5 Å². The number of ketones is 1. The molecule has 31 heavy (non-hydrogen) atoms.